The monoisotopic (exact) mass is 392 g/mol. The summed E-state index contributed by atoms with van der Waals surface area (Å²) in [6.07, 6.45) is 8.91. The standard InChI is InChI=1S/C24H26N2O3.H2/c1-16-7-5-8-18(15-16)20-9-6-14-25-21(20)22(27)26-19-12-10-17(11-13-19)23(28)29-24(2,3)4;/h5-6,8-16H,7H2,1-4H3,(H,26,27);1H. The Hall–Kier alpha value is -3.21. The number of rotatable bonds is 4. The fourth-order valence-corrected chi connectivity index (χ4v) is 3.06. The third-order valence-electron chi connectivity index (χ3n) is 4.38. The predicted octanol–water partition coefficient (Wildman–Crippen LogP) is 5.51. The van der Waals surface area contributed by atoms with Gasteiger partial charge in [-0.25, -0.2) is 4.79 Å². The van der Waals surface area contributed by atoms with Crippen molar-refractivity contribution in [2.45, 2.75) is 39.7 Å². The molecule has 0 saturated heterocycles. The van der Waals surface area contributed by atoms with Gasteiger partial charge in [-0.15, -0.1) is 0 Å². The van der Waals surface area contributed by atoms with E-state index in [1.54, 1.807) is 30.5 Å². The van der Waals surface area contributed by atoms with Crippen LogP contribution in [0.3, 0.4) is 0 Å². The van der Waals surface area contributed by atoms with Gasteiger partial charge in [0.1, 0.15) is 11.3 Å². The van der Waals surface area contributed by atoms with Gasteiger partial charge in [0.05, 0.1) is 5.56 Å². The van der Waals surface area contributed by atoms with Crippen molar-refractivity contribution >= 4 is 23.1 Å². The summed E-state index contributed by atoms with van der Waals surface area (Å²) in [5.74, 6) is -0.266. The fraction of sp³-hybridized carbons (Fsp3) is 0.292. The molecule has 1 aromatic carbocycles. The van der Waals surface area contributed by atoms with Gasteiger partial charge in [-0.05, 0) is 69.0 Å². The van der Waals surface area contributed by atoms with Crippen LogP contribution in [0.1, 0.15) is 62.0 Å². The van der Waals surface area contributed by atoms with E-state index >= 15 is 0 Å². The molecule has 5 nitrogen and oxygen atoms in total. The minimum absolute atomic E-state index is 0. The molecule has 0 bridgehead atoms. The number of anilines is 1. The smallest absolute Gasteiger partial charge is 0.338 e. The molecular weight excluding hydrogens is 364 g/mol. The molecule has 0 radical (unpaired) electrons. The summed E-state index contributed by atoms with van der Waals surface area (Å²) in [5, 5.41) is 2.86. The zero-order valence-corrected chi connectivity index (χ0v) is 17.2. The van der Waals surface area contributed by atoms with E-state index in [-0.39, 0.29) is 7.33 Å². The second kappa shape index (κ2) is 8.43. The number of hydrogen-bond donors (Lipinski definition) is 1. The van der Waals surface area contributed by atoms with Gasteiger partial charge in [0.25, 0.3) is 5.91 Å². The molecule has 1 aliphatic rings. The Morgan fingerprint density at radius 3 is 2.55 bits per heavy atom. The number of amides is 1. The van der Waals surface area contributed by atoms with E-state index < -0.39 is 11.6 Å². The summed E-state index contributed by atoms with van der Waals surface area (Å²) >= 11 is 0. The van der Waals surface area contributed by atoms with Gasteiger partial charge < -0.3 is 10.1 Å². The average Bonchev–Trinajstić information content (AvgIpc) is 2.67. The Bertz CT molecular complexity index is 973. The molecule has 3 rings (SSSR count). The molecule has 1 unspecified atom stereocenters. The van der Waals surface area contributed by atoms with E-state index in [9.17, 15) is 9.59 Å². The maximum Gasteiger partial charge on any atom is 0.338 e. The lowest BCUT2D eigenvalue weighted by Gasteiger charge is -2.19. The lowest BCUT2D eigenvalue weighted by atomic mass is 9.92. The van der Waals surface area contributed by atoms with Crippen LogP contribution in [-0.2, 0) is 4.74 Å². The van der Waals surface area contributed by atoms with Crippen molar-refractivity contribution in [3.8, 4) is 0 Å². The number of carbonyl (C=O) groups is 2. The largest absolute Gasteiger partial charge is 0.456 e. The van der Waals surface area contributed by atoms with E-state index in [0.29, 0.717) is 22.9 Å². The number of aromatic nitrogens is 1. The average molecular weight is 392 g/mol. The van der Waals surface area contributed by atoms with Crippen molar-refractivity contribution in [2.75, 3.05) is 5.32 Å². The highest BCUT2D eigenvalue weighted by Crippen LogP contribution is 2.26. The third-order valence-corrected chi connectivity index (χ3v) is 4.38. The second-order valence-corrected chi connectivity index (χ2v) is 8.17. The van der Waals surface area contributed by atoms with E-state index in [1.165, 1.54) is 0 Å². The van der Waals surface area contributed by atoms with E-state index in [4.69, 9.17) is 4.74 Å². The predicted molar refractivity (Wildman–Crippen MR) is 117 cm³/mol. The first-order chi connectivity index (χ1) is 13.7. The number of nitrogens with one attached hydrogen (secondary N) is 1. The number of benzene rings is 1. The molecule has 0 saturated carbocycles. The number of allylic oxidation sites excluding steroid dienone is 4. The van der Waals surface area contributed by atoms with Crippen LogP contribution < -0.4 is 5.32 Å². The van der Waals surface area contributed by atoms with Crippen molar-refractivity contribution in [1.29, 1.82) is 0 Å². The second-order valence-electron chi connectivity index (χ2n) is 8.17. The number of carbonyl (C=O) groups excluding carboxylic acids is 2. The van der Waals surface area contributed by atoms with E-state index in [2.05, 4.69) is 29.4 Å². The Morgan fingerprint density at radius 1 is 1.17 bits per heavy atom. The van der Waals surface area contributed by atoms with Gasteiger partial charge in [0.15, 0.2) is 0 Å². The van der Waals surface area contributed by atoms with Crippen molar-refractivity contribution < 1.29 is 15.8 Å². The van der Waals surface area contributed by atoms with Crippen molar-refractivity contribution in [3.05, 3.63) is 77.6 Å². The topological polar surface area (TPSA) is 68.3 Å². The van der Waals surface area contributed by atoms with Crippen LogP contribution in [0.2, 0.25) is 0 Å². The van der Waals surface area contributed by atoms with Crippen molar-refractivity contribution in [2.24, 2.45) is 5.92 Å². The third kappa shape index (κ3) is 5.41. The minimum Gasteiger partial charge on any atom is -0.456 e. The van der Waals surface area contributed by atoms with Crippen LogP contribution in [0.15, 0.2) is 60.8 Å². The summed E-state index contributed by atoms with van der Waals surface area (Å²) < 4.78 is 5.36. The molecule has 0 fully saturated rings. The zero-order chi connectivity index (χ0) is 21.0. The SMILES string of the molecule is CC1C=C(c2cccnc2C(=O)Nc2ccc(C(=O)OC(C)(C)C)cc2)C=CC1.[HH]. The highest BCUT2D eigenvalue weighted by atomic mass is 16.6. The quantitative estimate of drug-likeness (QED) is 0.696. The summed E-state index contributed by atoms with van der Waals surface area (Å²) in [5.41, 5.74) is 2.64. The number of ether oxygens (including phenoxy) is 1. The molecule has 152 valence electrons. The first-order valence-electron chi connectivity index (χ1n) is 9.71. The summed E-state index contributed by atoms with van der Waals surface area (Å²) in [4.78, 5) is 29.3. The molecular formula is C24H28N2O3. The molecule has 29 heavy (non-hydrogen) atoms. The lowest BCUT2D eigenvalue weighted by Crippen LogP contribution is -2.23. The molecule has 1 aromatic heterocycles. The zero-order valence-electron chi connectivity index (χ0n) is 17.2. The molecule has 1 amide bonds. The van der Waals surface area contributed by atoms with Gasteiger partial charge >= 0.3 is 5.97 Å². The van der Waals surface area contributed by atoms with Gasteiger partial charge in [-0.1, -0.05) is 31.2 Å². The number of pyridine rings is 1. The van der Waals surface area contributed by atoms with Gasteiger partial charge in [-0.2, -0.15) is 0 Å². The van der Waals surface area contributed by atoms with E-state index in [1.807, 2.05) is 39.0 Å². The Kier molecular flexibility index (Phi) is 5.97. The normalized spacial score (nSPS) is 16.1. The van der Waals surface area contributed by atoms with Crippen LogP contribution in [0.5, 0.6) is 0 Å². The summed E-state index contributed by atoms with van der Waals surface area (Å²) in [7, 11) is 0. The Balaban J connectivity index is 0.00000320. The highest BCUT2D eigenvalue weighted by Gasteiger charge is 2.19. The fourth-order valence-electron chi connectivity index (χ4n) is 3.06. The number of nitrogens with zero attached hydrogens (tertiary/aromatic N) is 1. The minimum atomic E-state index is -0.556. The van der Waals surface area contributed by atoms with Gasteiger partial charge in [0.2, 0.25) is 0 Å². The Morgan fingerprint density at radius 2 is 1.90 bits per heavy atom. The van der Waals surface area contributed by atoms with Crippen LogP contribution in [-0.4, -0.2) is 22.5 Å². The lowest BCUT2D eigenvalue weighted by molar-refractivity contribution is 0.00695. The molecule has 5 heteroatoms. The van der Waals surface area contributed by atoms with Crippen LogP contribution in [0.4, 0.5) is 5.69 Å². The first kappa shape index (κ1) is 20.5. The molecule has 1 N–H and O–H groups in total. The first-order valence-corrected chi connectivity index (χ1v) is 9.71. The van der Waals surface area contributed by atoms with Crippen LogP contribution >= 0.6 is 0 Å². The Labute approximate surface area is 173 Å². The maximum atomic E-state index is 12.8. The molecule has 0 aliphatic heterocycles. The molecule has 2 aromatic rings. The van der Waals surface area contributed by atoms with Crippen molar-refractivity contribution in [3.63, 3.8) is 0 Å². The van der Waals surface area contributed by atoms with E-state index in [0.717, 1.165) is 17.6 Å². The molecule has 0 spiro atoms. The summed E-state index contributed by atoms with van der Waals surface area (Å²) in [6.45, 7) is 7.61. The maximum absolute atomic E-state index is 12.8. The molecule has 1 aliphatic carbocycles. The summed E-state index contributed by atoms with van der Waals surface area (Å²) in [6, 6.07) is 10.4. The van der Waals surface area contributed by atoms with Gasteiger partial charge in [0, 0.05) is 18.9 Å². The van der Waals surface area contributed by atoms with Gasteiger partial charge in [-0.3, -0.25) is 9.78 Å². The van der Waals surface area contributed by atoms with Crippen LogP contribution in [0, 0.1) is 5.92 Å². The highest BCUT2D eigenvalue weighted by molar-refractivity contribution is 6.06. The number of esters is 1. The number of hydrogen-bond acceptors (Lipinski definition) is 4. The molecule has 1 heterocycles. The van der Waals surface area contributed by atoms with Crippen molar-refractivity contribution in [1.82, 2.24) is 4.98 Å². The van der Waals surface area contributed by atoms with Crippen LogP contribution in [0.25, 0.3) is 5.57 Å². The molecule has 1 atom stereocenters.